The van der Waals surface area contributed by atoms with Crippen LogP contribution in [0.5, 0.6) is 0 Å². The number of carboxylic acids is 1. The Morgan fingerprint density at radius 2 is 2.16 bits per heavy atom. The monoisotopic (exact) mass is 268 g/mol. The smallest absolute Gasteiger partial charge is 0.338 e. The molecule has 1 aliphatic heterocycles. The average molecular weight is 268 g/mol. The summed E-state index contributed by atoms with van der Waals surface area (Å²) in [7, 11) is 0. The molecule has 102 valence electrons. The largest absolute Gasteiger partial charge is 0.478 e. The minimum Gasteiger partial charge on any atom is -0.478 e. The summed E-state index contributed by atoms with van der Waals surface area (Å²) in [6, 6.07) is 2.79. The molecule has 1 heterocycles. The number of anilines is 1. The van der Waals surface area contributed by atoms with Crippen LogP contribution >= 0.6 is 0 Å². The van der Waals surface area contributed by atoms with Crippen molar-refractivity contribution >= 4 is 17.6 Å². The van der Waals surface area contributed by atoms with E-state index in [-0.39, 0.29) is 11.6 Å². The predicted molar refractivity (Wildman–Crippen MR) is 64.4 cm³/mol. The minimum absolute atomic E-state index is 0.201. The number of hydrogen-bond donors (Lipinski definition) is 4. The van der Waals surface area contributed by atoms with Crippen molar-refractivity contribution in [3.8, 4) is 0 Å². The Labute approximate surface area is 108 Å². The maximum absolute atomic E-state index is 13.2. The standard InChI is InChI=1S/C12H13FN2O4/c13-9-2-1-6(3-8(9)12(18)19)15-11(17)10-4-7(16)5-14-10/h1-3,7,10,14,16H,4-5H2,(H,15,17)(H,18,19). The lowest BCUT2D eigenvalue weighted by molar-refractivity contribution is -0.117. The molecule has 19 heavy (non-hydrogen) atoms. The van der Waals surface area contributed by atoms with Crippen LogP contribution in [-0.2, 0) is 4.79 Å². The third kappa shape index (κ3) is 3.07. The number of carbonyl (C=O) groups excluding carboxylic acids is 1. The van der Waals surface area contributed by atoms with Crippen LogP contribution in [0.2, 0.25) is 0 Å². The zero-order valence-electron chi connectivity index (χ0n) is 9.89. The van der Waals surface area contributed by atoms with Crippen LogP contribution in [0, 0.1) is 5.82 Å². The van der Waals surface area contributed by atoms with E-state index >= 15 is 0 Å². The number of hydrogen-bond acceptors (Lipinski definition) is 4. The van der Waals surface area contributed by atoms with E-state index in [1.165, 1.54) is 6.07 Å². The third-order valence-corrected chi connectivity index (χ3v) is 2.89. The first-order valence-electron chi connectivity index (χ1n) is 5.72. The second-order valence-electron chi connectivity index (χ2n) is 4.34. The molecule has 4 N–H and O–H groups in total. The Kier molecular flexibility index (Phi) is 3.77. The van der Waals surface area contributed by atoms with Gasteiger partial charge in [-0.1, -0.05) is 0 Å². The summed E-state index contributed by atoms with van der Waals surface area (Å²) in [4.78, 5) is 22.6. The summed E-state index contributed by atoms with van der Waals surface area (Å²) < 4.78 is 13.2. The Balaban J connectivity index is 2.09. The maximum atomic E-state index is 13.2. The van der Waals surface area contributed by atoms with E-state index in [0.29, 0.717) is 13.0 Å². The Morgan fingerprint density at radius 1 is 1.42 bits per heavy atom. The highest BCUT2D eigenvalue weighted by Gasteiger charge is 2.28. The first kappa shape index (κ1) is 13.4. The molecule has 0 saturated carbocycles. The van der Waals surface area contributed by atoms with Crippen molar-refractivity contribution in [2.75, 3.05) is 11.9 Å². The van der Waals surface area contributed by atoms with E-state index in [2.05, 4.69) is 10.6 Å². The molecule has 0 aliphatic carbocycles. The summed E-state index contributed by atoms with van der Waals surface area (Å²) in [5.74, 6) is -2.65. The maximum Gasteiger partial charge on any atom is 0.338 e. The van der Waals surface area contributed by atoms with E-state index in [4.69, 9.17) is 5.11 Å². The van der Waals surface area contributed by atoms with Gasteiger partial charge in [-0.05, 0) is 24.6 Å². The van der Waals surface area contributed by atoms with Crippen LogP contribution in [0.1, 0.15) is 16.8 Å². The molecule has 1 amide bonds. The lowest BCUT2D eigenvalue weighted by Crippen LogP contribution is -2.35. The van der Waals surface area contributed by atoms with Crippen LogP contribution in [0.15, 0.2) is 18.2 Å². The summed E-state index contributed by atoms with van der Waals surface area (Å²) >= 11 is 0. The van der Waals surface area contributed by atoms with E-state index in [1.807, 2.05) is 0 Å². The second kappa shape index (κ2) is 5.33. The van der Waals surface area contributed by atoms with E-state index in [0.717, 1.165) is 12.1 Å². The van der Waals surface area contributed by atoms with Crippen molar-refractivity contribution < 1.29 is 24.2 Å². The molecule has 0 spiro atoms. The number of carbonyl (C=O) groups is 2. The Hall–Kier alpha value is -1.99. The van der Waals surface area contributed by atoms with Gasteiger partial charge in [0.25, 0.3) is 0 Å². The fraction of sp³-hybridized carbons (Fsp3) is 0.333. The Morgan fingerprint density at radius 3 is 2.74 bits per heavy atom. The van der Waals surface area contributed by atoms with Gasteiger partial charge in [0.2, 0.25) is 5.91 Å². The van der Waals surface area contributed by atoms with Gasteiger partial charge in [-0.3, -0.25) is 4.79 Å². The number of halogens is 1. The number of β-amino-alcohol motifs (C(OH)–C–C–N with tert-alkyl or cyclic N) is 1. The van der Waals surface area contributed by atoms with Crippen LogP contribution in [0.4, 0.5) is 10.1 Å². The molecule has 1 aromatic carbocycles. The zero-order valence-corrected chi connectivity index (χ0v) is 9.89. The number of carboxylic acid groups (broad SMARTS) is 1. The van der Waals surface area contributed by atoms with Gasteiger partial charge in [0.05, 0.1) is 17.7 Å². The first-order valence-corrected chi connectivity index (χ1v) is 5.72. The lowest BCUT2D eigenvalue weighted by atomic mass is 10.1. The van der Waals surface area contributed by atoms with Gasteiger partial charge in [-0.15, -0.1) is 0 Å². The van der Waals surface area contributed by atoms with Crippen molar-refractivity contribution in [1.82, 2.24) is 5.32 Å². The molecule has 1 aliphatic rings. The summed E-state index contributed by atoms with van der Waals surface area (Å²) in [6.07, 6.45) is -0.280. The SMILES string of the molecule is O=C(O)c1cc(NC(=O)C2CC(O)CN2)ccc1F. The molecule has 2 unspecified atom stereocenters. The highest BCUT2D eigenvalue weighted by Crippen LogP contribution is 2.16. The molecular weight excluding hydrogens is 255 g/mol. The number of nitrogens with one attached hydrogen (secondary N) is 2. The molecule has 1 saturated heterocycles. The molecule has 1 aromatic rings. The van der Waals surface area contributed by atoms with Gasteiger partial charge in [-0.25, -0.2) is 9.18 Å². The number of aliphatic hydroxyl groups excluding tert-OH is 1. The number of aromatic carboxylic acids is 1. The van der Waals surface area contributed by atoms with Crippen molar-refractivity contribution in [2.45, 2.75) is 18.6 Å². The van der Waals surface area contributed by atoms with Crippen molar-refractivity contribution in [1.29, 1.82) is 0 Å². The third-order valence-electron chi connectivity index (χ3n) is 2.89. The summed E-state index contributed by atoms with van der Waals surface area (Å²) in [5, 5.41) is 23.4. The average Bonchev–Trinajstić information content (AvgIpc) is 2.78. The first-order chi connectivity index (χ1) is 8.97. The van der Waals surface area contributed by atoms with Gasteiger partial charge in [0, 0.05) is 12.2 Å². The molecule has 0 aromatic heterocycles. The predicted octanol–water partition coefficient (Wildman–Crippen LogP) is 0.185. The van der Waals surface area contributed by atoms with Crippen LogP contribution in [0.3, 0.4) is 0 Å². The lowest BCUT2D eigenvalue weighted by Gasteiger charge is -2.11. The van der Waals surface area contributed by atoms with Crippen LogP contribution in [-0.4, -0.2) is 40.8 Å². The van der Waals surface area contributed by atoms with Gasteiger partial charge in [0.15, 0.2) is 0 Å². The molecule has 1 fully saturated rings. The summed E-state index contributed by atoms with van der Waals surface area (Å²) in [6.45, 7) is 0.335. The topological polar surface area (TPSA) is 98.7 Å². The van der Waals surface area contributed by atoms with E-state index < -0.39 is 29.5 Å². The van der Waals surface area contributed by atoms with Gasteiger partial charge in [0.1, 0.15) is 5.82 Å². The number of rotatable bonds is 3. The van der Waals surface area contributed by atoms with E-state index in [9.17, 15) is 19.1 Å². The summed E-state index contributed by atoms with van der Waals surface area (Å²) in [5.41, 5.74) is -0.302. The fourth-order valence-electron chi connectivity index (χ4n) is 1.91. The molecule has 2 atom stereocenters. The van der Waals surface area contributed by atoms with Crippen LogP contribution < -0.4 is 10.6 Å². The molecule has 6 nitrogen and oxygen atoms in total. The van der Waals surface area contributed by atoms with Crippen LogP contribution in [0.25, 0.3) is 0 Å². The molecule has 0 radical (unpaired) electrons. The molecule has 0 bridgehead atoms. The Bertz CT molecular complexity index is 520. The highest BCUT2D eigenvalue weighted by atomic mass is 19.1. The van der Waals surface area contributed by atoms with E-state index in [1.54, 1.807) is 0 Å². The van der Waals surface area contributed by atoms with Gasteiger partial charge in [-0.2, -0.15) is 0 Å². The molecule has 7 heteroatoms. The normalized spacial score (nSPS) is 22.2. The van der Waals surface area contributed by atoms with Crippen molar-refractivity contribution in [3.63, 3.8) is 0 Å². The number of amides is 1. The fourth-order valence-corrected chi connectivity index (χ4v) is 1.91. The molecule has 2 rings (SSSR count). The van der Waals surface area contributed by atoms with Crippen molar-refractivity contribution in [3.05, 3.63) is 29.6 Å². The number of aliphatic hydroxyl groups is 1. The minimum atomic E-state index is -1.40. The number of benzene rings is 1. The van der Waals surface area contributed by atoms with Gasteiger partial charge >= 0.3 is 5.97 Å². The molecular formula is C12H13FN2O4. The zero-order chi connectivity index (χ0) is 14.0. The van der Waals surface area contributed by atoms with Crippen molar-refractivity contribution in [2.24, 2.45) is 0 Å². The van der Waals surface area contributed by atoms with Gasteiger partial charge < -0.3 is 20.8 Å². The second-order valence-corrected chi connectivity index (χ2v) is 4.34. The highest BCUT2D eigenvalue weighted by molar-refractivity contribution is 5.96. The quantitative estimate of drug-likeness (QED) is 0.627.